The smallest absolute Gasteiger partial charge is 0.318 e. The second kappa shape index (κ2) is 6.61. The van der Waals surface area contributed by atoms with E-state index in [1.165, 1.54) is 6.92 Å². The summed E-state index contributed by atoms with van der Waals surface area (Å²) < 4.78 is 5.43. The number of hydrogen-bond donors (Lipinski definition) is 3. The second-order valence-electron chi connectivity index (χ2n) is 3.69. The monoisotopic (exact) mass is 252 g/mol. The standard InChI is InChI=1S/C12H16N2O4/c1-8(11(16)14-12(13)17)18-10-5-3-2-4-9(10)6-7-15/h2-5,8,15H,6-7H2,1H3,(H3,13,14,16,17). The van der Waals surface area contributed by atoms with Crippen LogP contribution < -0.4 is 15.8 Å². The molecule has 1 atom stereocenters. The average Bonchev–Trinajstić information content (AvgIpc) is 2.31. The summed E-state index contributed by atoms with van der Waals surface area (Å²) in [6, 6.07) is 6.14. The molecule has 0 saturated heterocycles. The van der Waals surface area contributed by atoms with E-state index in [1.807, 2.05) is 11.4 Å². The van der Waals surface area contributed by atoms with Crippen molar-refractivity contribution in [3.8, 4) is 5.75 Å². The van der Waals surface area contributed by atoms with Crippen molar-refractivity contribution in [2.75, 3.05) is 6.61 Å². The van der Waals surface area contributed by atoms with Crippen LogP contribution in [-0.4, -0.2) is 29.8 Å². The lowest BCUT2D eigenvalue weighted by atomic mass is 10.1. The summed E-state index contributed by atoms with van der Waals surface area (Å²) in [6.07, 6.45) is -0.419. The van der Waals surface area contributed by atoms with Crippen LogP contribution in [0.25, 0.3) is 0 Å². The Labute approximate surface area is 105 Å². The molecule has 0 aliphatic heterocycles. The number of aliphatic hydroxyl groups is 1. The second-order valence-corrected chi connectivity index (χ2v) is 3.69. The van der Waals surface area contributed by atoms with Gasteiger partial charge in [-0.1, -0.05) is 18.2 Å². The Morgan fingerprint density at radius 2 is 2.11 bits per heavy atom. The third-order valence-electron chi connectivity index (χ3n) is 2.27. The Balaban J connectivity index is 2.71. The predicted molar refractivity (Wildman–Crippen MR) is 65.0 cm³/mol. The fourth-order valence-corrected chi connectivity index (χ4v) is 1.41. The summed E-state index contributed by atoms with van der Waals surface area (Å²) in [5.74, 6) is -0.111. The van der Waals surface area contributed by atoms with Crippen molar-refractivity contribution in [1.29, 1.82) is 0 Å². The van der Waals surface area contributed by atoms with Crippen LogP contribution in [0.4, 0.5) is 4.79 Å². The van der Waals surface area contributed by atoms with Gasteiger partial charge in [0, 0.05) is 6.61 Å². The number of hydrogen-bond acceptors (Lipinski definition) is 4. The summed E-state index contributed by atoms with van der Waals surface area (Å²) in [7, 11) is 0. The van der Waals surface area contributed by atoms with Crippen molar-refractivity contribution >= 4 is 11.9 Å². The molecule has 0 aromatic heterocycles. The highest BCUT2D eigenvalue weighted by atomic mass is 16.5. The quantitative estimate of drug-likeness (QED) is 0.695. The highest BCUT2D eigenvalue weighted by Crippen LogP contribution is 2.19. The molecule has 0 aliphatic rings. The Kier molecular flexibility index (Phi) is 5.13. The van der Waals surface area contributed by atoms with Gasteiger partial charge in [0.25, 0.3) is 5.91 Å². The molecule has 18 heavy (non-hydrogen) atoms. The number of carbonyl (C=O) groups excluding carboxylic acids is 2. The Morgan fingerprint density at radius 1 is 1.44 bits per heavy atom. The molecule has 1 unspecified atom stereocenters. The van der Waals surface area contributed by atoms with Gasteiger partial charge in [0.2, 0.25) is 0 Å². The molecule has 0 saturated carbocycles. The molecule has 0 heterocycles. The van der Waals surface area contributed by atoms with Gasteiger partial charge in [-0.15, -0.1) is 0 Å². The van der Waals surface area contributed by atoms with Crippen molar-refractivity contribution < 1.29 is 19.4 Å². The van der Waals surface area contributed by atoms with Crippen LogP contribution in [0.5, 0.6) is 5.75 Å². The van der Waals surface area contributed by atoms with Crippen LogP contribution in [0.3, 0.4) is 0 Å². The molecule has 0 aliphatic carbocycles. The maximum Gasteiger partial charge on any atom is 0.318 e. The number of carbonyl (C=O) groups is 2. The molecule has 0 bridgehead atoms. The Hall–Kier alpha value is -2.08. The number of nitrogens with one attached hydrogen (secondary N) is 1. The average molecular weight is 252 g/mol. The first-order valence-electron chi connectivity index (χ1n) is 5.50. The fourth-order valence-electron chi connectivity index (χ4n) is 1.41. The van der Waals surface area contributed by atoms with E-state index >= 15 is 0 Å². The molecular formula is C12H16N2O4. The van der Waals surface area contributed by atoms with E-state index in [0.29, 0.717) is 12.2 Å². The number of nitrogens with two attached hydrogens (primary N) is 1. The molecule has 0 spiro atoms. The number of para-hydroxylation sites is 1. The molecule has 6 heteroatoms. The summed E-state index contributed by atoms with van der Waals surface area (Å²) >= 11 is 0. The molecule has 3 amide bonds. The number of benzene rings is 1. The number of primary amides is 1. The Bertz CT molecular complexity index is 434. The maximum atomic E-state index is 11.4. The molecular weight excluding hydrogens is 236 g/mol. The van der Waals surface area contributed by atoms with Crippen molar-refractivity contribution in [3.63, 3.8) is 0 Å². The molecule has 6 nitrogen and oxygen atoms in total. The number of aliphatic hydroxyl groups excluding tert-OH is 1. The van der Waals surface area contributed by atoms with Crippen LogP contribution >= 0.6 is 0 Å². The Morgan fingerprint density at radius 3 is 2.72 bits per heavy atom. The van der Waals surface area contributed by atoms with E-state index in [2.05, 4.69) is 0 Å². The van der Waals surface area contributed by atoms with E-state index in [9.17, 15) is 9.59 Å². The van der Waals surface area contributed by atoms with Crippen molar-refractivity contribution in [2.24, 2.45) is 5.73 Å². The van der Waals surface area contributed by atoms with Crippen LogP contribution in [-0.2, 0) is 11.2 Å². The first-order valence-corrected chi connectivity index (χ1v) is 5.50. The SMILES string of the molecule is CC(Oc1ccccc1CCO)C(=O)NC(N)=O. The van der Waals surface area contributed by atoms with Crippen molar-refractivity contribution in [3.05, 3.63) is 29.8 Å². The molecule has 98 valence electrons. The van der Waals surface area contributed by atoms with Gasteiger partial charge in [-0.2, -0.15) is 0 Å². The number of imide groups is 1. The number of urea groups is 1. The molecule has 0 radical (unpaired) electrons. The third-order valence-corrected chi connectivity index (χ3v) is 2.27. The molecule has 0 fully saturated rings. The zero-order chi connectivity index (χ0) is 13.5. The first kappa shape index (κ1) is 14.0. The van der Waals surface area contributed by atoms with E-state index in [1.54, 1.807) is 18.2 Å². The largest absolute Gasteiger partial charge is 0.481 e. The highest BCUT2D eigenvalue weighted by molar-refractivity contribution is 5.95. The summed E-state index contributed by atoms with van der Waals surface area (Å²) in [5, 5.41) is 10.9. The van der Waals surface area contributed by atoms with Gasteiger partial charge in [-0.3, -0.25) is 10.1 Å². The normalized spacial score (nSPS) is 11.7. The van der Waals surface area contributed by atoms with Crippen LogP contribution in [0.15, 0.2) is 24.3 Å². The third kappa shape index (κ3) is 4.06. The minimum Gasteiger partial charge on any atom is -0.481 e. The van der Waals surface area contributed by atoms with Gasteiger partial charge >= 0.3 is 6.03 Å². The van der Waals surface area contributed by atoms with Crippen LogP contribution in [0, 0.1) is 0 Å². The minimum atomic E-state index is -0.918. The number of ether oxygens (including phenoxy) is 1. The maximum absolute atomic E-state index is 11.4. The van der Waals surface area contributed by atoms with Crippen LogP contribution in [0.1, 0.15) is 12.5 Å². The van der Waals surface area contributed by atoms with Gasteiger partial charge in [-0.25, -0.2) is 4.79 Å². The molecule has 1 aromatic rings. The van der Waals surface area contributed by atoms with E-state index < -0.39 is 18.0 Å². The highest BCUT2D eigenvalue weighted by Gasteiger charge is 2.17. The fraction of sp³-hybridized carbons (Fsp3) is 0.333. The minimum absolute atomic E-state index is 0.0117. The van der Waals surface area contributed by atoms with E-state index in [-0.39, 0.29) is 6.61 Å². The lowest BCUT2D eigenvalue weighted by molar-refractivity contribution is -0.126. The summed E-state index contributed by atoms with van der Waals surface area (Å²) in [4.78, 5) is 22.0. The molecule has 4 N–H and O–H groups in total. The van der Waals surface area contributed by atoms with E-state index in [0.717, 1.165) is 5.56 Å². The molecule has 1 aromatic carbocycles. The van der Waals surface area contributed by atoms with Crippen LogP contribution in [0.2, 0.25) is 0 Å². The number of amides is 3. The van der Waals surface area contributed by atoms with Crippen molar-refractivity contribution in [1.82, 2.24) is 5.32 Å². The predicted octanol–water partition coefficient (Wildman–Crippen LogP) is 0.184. The van der Waals surface area contributed by atoms with Crippen molar-refractivity contribution in [2.45, 2.75) is 19.4 Å². The zero-order valence-electron chi connectivity index (χ0n) is 10.1. The van der Waals surface area contributed by atoms with Gasteiger partial charge < -0.3 is 15.6 Å². The summed E-state index contributed by atoms with van der Waals surface area (Å²) in [5.41, 5.74) is 5.63. The zero-order valence-corrected chi connectivity index (χ0v) is 10.1. The molecule has 1 rings (SSSR count). The lowest BCUT2D eigenvalue weighted by Crippen LogP contribution is -2.42. The first-order chi connectivity index (χ1) is 8.54. The lowest BCUT2D eigenvalue weighted by Gasteiger charge is -2.16. The van der Waals surface area contributed by atoms with Gasteiger partial charge in [0.1, 0.15) is 5.75 Å². The van der Waals surface area contributed by atoms with Gasteiger partial charge in [0.05, 0.1) is 0 Å². The number of rotatable bonds is 5. The topological polar surface area (TPSA) is 102 Å². The van der Waals surface area contributed by atoms with E-state index in [4.69, 9.17) is 15.6 Å². The summed E-state index contributed by atoms with van der Waals surface area (Å²) in [6.45, 7) is 1.50. The van der Waals surface area contributed by atoms with Gasteiger partial charge in [0.15, 0.2) is 6.10 Å². The van der Waals surface area contributed by atoms with Gasteiger partial charge in [-0.05, 0) is 25.0 Å².